The van der Waals surface area contributed by atoms with E-state index in [-0.39, 0.29) is 5.82 Å². The molecule has 0 spiro atoms. The fourth-order valence-corrected chi connectivity index (χ4v) is 1.98. The summed E-state index contributed by atoms with van der Waals surface area (Å²) in [6.45, 7) is 0. The Balaban J connectivity index is 1.87. The summed E-state index contributed by atoms with van der Waals surface area (Å²) in [5.41, 5.74) is 1.72. The molecule has 2 N–H and O–H groups in total. The van der Waals surface area contributed by atoms with Gasteiger partial charge in [-0.1, -0.05) is 6.07 Å². The number of amides is 1. The number of nitrogens with zero attached hydrogens (tertiary/aromatic N) is 1. The summed E-state index contributed by atoms with van der Waals surface area (Å²) in [7, 11) is 1.56. The van der Waals surface area contributed by atoms with Crippen molar-refractivity contribution in [3.05, 3.63) is 54.1 Å². The van der Waals surface area contributed by atoms with E-state index in [0.29, 0.717) is 17.0 Å². The molecule has 21 heavy (non-hydrogen) atoms. The summed E-state index contributed by atoms with van der Waals surface area (Å²) >= 11 is 0. The van der Waals surface area contributed by atoms with Gasteiger partial charge in [0.1, 0.15) is 11.6 Å². The van der Waals surface area contributed by atoms with Gasteiger partial charge < -0.3 is 15.0 Å². The maximum Gasteiger partial charge on any atom is 0.291 e. The van der Waals surface area contributed by atoms with Crippen molar-refractivity contribution in [3.8, 4) is 5.75 Å². The third-order valence-corrected chi connectivity index (χ3v) is 2.99. The molecule has 0 saturated carbocycles. The number of H-pyrrole nitrogens is 1. The Kier molecular flexibility index (Phi) is 3.27. The molecular formula is C15H12FN3O2. The van der Waals surface area contributed by atoms with Crippen molar-refractivity contribution in [3.63, 3.8) is 0 Å². The topological polar surface area (TPSA) is 67.0 Å². The number of aromatic nitrogens is 2. The number of anilines is 1. The number of benzene rings is 2. The molecule has 3 rings (SSSR count). The van der Waals surface area contributed by atoms with Gasteiger partial charge in [0, 0.05) is 11.8 Å². The van der Waals surface area contributed by atoms with Gasteiger partial charge in [-0.2, -0.15) is 0 Å². The lowest BCUT2D eigenvalue weighted by molar-refractivity contribution is 0.101. The highest BCUT2D eigenvalue weighted by Crippen LogP contribution is 2.19. The SMILES string of the molecule is COc1ccc2[nH]c(C(=O)Nc3cccc(F)c3)nc2c1. The van der Waals surface area contributed by atoms with Crippen molar-refractivity contribution in [1.29, 1.82) is 0 Å². The minimum atomic E-state index is -0.434. The first kappa shape index (κ1) is 13.1. The summed E-state index contributed by atoms with van der Waals surface area (Å²) in [6, 6.07) is 11.0. The molecule has 0 fully saturated rings. The highest BCUT2D eigenvalue weighted by atomic mass is 19.1. The number of halogens is 1. The zero-order valence-electron chi connectivity index (χ0n) is 11.2. The molecule has 2 aromatic carbocycles. The zero-order chi connectivity index (χ0) is 14.8. The minimum Gasteiger partial charge on any atom is -0.497 e. The molecule has 1 amide bonds. The first-order valence-electron chi connectivity index (χ1n) is 6.26. The van der Waals surface area contributed by atoms with Gasteiger partial charge in [0.2, 0.25) is 0 Å². The van der Waals surface area contributed by atoms with Gasteiger partial charge in [0.25, 0.3) is 5.91 Å². The smallest absolute Gasteiger partial charge is 0.291 e. The van der Waals surface area contributed by atoms with Gasteiger partial charge >= 0.3 is 0 Å². The lowest BCUT2D eigenvalue weighted by Gasteiger charge is -2.02. The second-order valence-electron chi connectivity index (χ2n) is 4.43. The monoisotopic (exact) mass is 285 g/mol. The average molecular weight is 285 g/mol. The molecule has 0 atom stereocenters. The van der Waals surface area contributed by atoms with Gasteiger partial charge in [-0.3, -0.25) is 4.79 Å². The molecule has 106 valence electrons. The second kappa shape index (κ2) is 5.24. The summed E-state index contributed by atoms with van der Waals surface area (Å²) < 4.78 is 18.2. The standard InChI is InChI=1S/C15H12FN3O2/c1-21-11-5-6-12-13(8-11)19-14(18-12)15(20)17-10-4-2-3-9(16)7-10/h2-8H,1H3,(H,17,20)(H,18,19). The number of carbonyl (C=O) groups is 1. The fourth-order valence-electron chi connectivity index (χ4n) is 1.98. The molecule has 0 aliphatic rings. The van der Waals surface area contributed by atoms with Crippen LogP contribution in [0.15, 0.2) is 42.5 Å². The molecule has 0 saturated heterocycles. The fraction of sp³-hybridized carbons (Fsp3) is 0.0667. The number of hydrogen-bond acceptors (Lipinski definition) is 3. The van der Waals surface area contributed by atoms with Crippen LogP contribution in [0.1, 0.15) is 10.6 Å². The van der Waals surface area contributed by atoms with Crippen molar-refractivity contribution < 1.29 is 13.9 Å². The van der Waals surface area contributed by atoms with E-state index in [1.165, 1.54) is 18.2 Å². The van der Waals surface area contributed by atoms with E-state index < -0.39 is 11.7 Å². The zero-order valence-corrected chi connectivity index (χ0v) is 11.2. The number of hydrogen-bond donors (Lipinski definition) is 2. The van der Waals surface area contributed by atoms with Gasteiger partial charge in [0.05, 0.1) is 18.1 Å². The molecule has 1 heterocycles. The van der Waals surface area contributed by atoms with E-state index in [4.69, 9.17) is 4.74 Å². The van der Waals surface area contributed by atoms with Crippen LogP contribution in [0.25, 0.3) is 11.0 Å². The Morgan fingerprint density at radius 1 is 1.29 bits per heavy atom. The predicted octanol–water partition coefficient (Wildman–Crippen LogP) is 2.96. The van der Waals surface area contributed by atoms with Crippen LogP contribution < -0.4 is 10.1 Å². The van der Waals surface area contributed by atoms with Crippen LogP contribution in [0.3, 0.4) is 0 Å². The molecule has 0 radical (unpaired) electrons. The highest BCUT2D eigenvalue weighted by molar-refractivity contribution is 6.03. The van der Waals surface area contributed by atoms with Crippen molar-refractivity contribution in [2.45, 2.75) is 0 Å². The molecule has 0 bridgehead atoms. The second-order valence-corrected chi connectivity index (χ2v) is 4.43. The van der Waals surface area contributed by atoms with Gasteiger partial charge in [-0.15, -0.1) is 0 Å². The van der Waals surface area contributed by atoms with E-state index in [0.717, 1.165) is 5.52 Å². The Labute approximate surface area is 119 Å². The van der Waals surface area contributed by atoms with Gasteiger partial charge in [0.15, 0.2) is 5.82 Å². The maximum atomic E-state index is 13.1. The number of nitrogens with one attached hydrogen (secondary N) is 2. The molecule has 5 nitrogen and oxygen atoms in total. The van der Waals surface area contributed by atoms with Gasteiger partial charge in [-0.05, 0) is 30.3 Å². The van der Waals surface area contributed by atoms with Crippen LogP contribution in [0.2, 0.25) is 0 Å². The van der Waals surface area contributed by atoms with Crippen LogP contribution in [0, 0.1) is 5.82 Å². The number of fused-ring (bicyclic) bond motifs is 1. The maximum absolute atomic E-state index is 13.1. The van der Waals surface area contributed by atoms with Crippen molar-refractivity contribution in [2.24, 2.45) is 0 Å². The Hall–Kier alpha value is -2.89. The molecular weight excluding hydrogens is 273 g/mol. The number of imidazole rings is 1. The number of methoxy groups -OCH3 is 1. The number of aromatic amines is 1. The van der Waals surface area contributed by atoms with E-state index in [1.807, 2.05) is 0 Å². The third kappa shape index (κ3) is 2.69. The number of carbonyl (C=O) groups excluding carboxylic acids is 1. The Bertz CT molecular complexity index is 814. The third-order valence-electron chi connectivity index (χ3n) is 2.99. The molecule has 0 aliphatic carbocycles. The lowest BCUT2D eigenvalue weighted by atomic mass is 10.3. The first-order chi connectivity index (χ1) is 10.2. The number of ether oxygens (including phenoxy) is 1. The van der Waals surface area contributed by atoms with Crippen LogP contribution in [-0.2, 0) is 0 Å². The highest BCUT2D eigenvalue weighted by Gasteiger charge is 2.12. The molecule has 1 aromatic heterocycles. The first-order valence-corrected chi connectivity index (χ1v) is 6.26. The summed E-state index contributed by atoms with van der Waals surface area (Å²) in [5.74, 6) is -0.0356. The predicted molar refractivity (Wildman–Crippen MR) is 77.0 cm³/mol. The average Bonchev–Trinajstić information content (AvgIpc) is 2.90. The molecule has 0 aliphatic heterocycles. The molecule has 6 heteroatoms. The molecule has 0 unspecified atom stereocenters. The van der Waals surface area contributed by atoms with E-state index in [9.17, 15) is 9.18 Å². The van der Waals surface area contributed by atoms with Crippen molar-refractivity contribution >= 4 is 22.6 Å². The summed E-state index contributed by atoms with van der Waals surface area (Å²) in [5, 5.41) is 2.58. The van der Waals surface area contributed by atoms with E-state index >= 15 is 0 Å². The summed E-state index contributed by atoms with van der Waals surface area (Å²) in [6.07, 6.45) is 0. The van der Waals surface area contributed by atoms with Crippen LogP contribution in [-0.4, -0.2) is 23.0 Å². The summed E-state index contributed by atoms with van der Waals surface area (Å²) in [4.78, 5) is 19.2. The van der Waals surface area contributed by atoms with E-state index in [1.54, 1.807) is 31.4 Å². The Morgan fingerprint density at radius 3 is 2.90 bits per heavy atom. The largest absolute Gasteiger partial charge is 0.497 e. The quantitative estimate of drug-likeness (QED) is 0.777. The van der Waals surface area contributed by atoms with Crippen LogP contribution in [0.4, 0.5) is 10.1 Å². The van der Waals surface area contributed by atoms with Crippen molar-refractivity contribution in [2.75, 3.05) is 12.4 Å². The normalized spacial score (nSPS) is 10.6. The van der Waals surface area contributed by atoms with Crippen LogP contribution in [0.5, 0.6) is 5.75 Å². The van der Waals surface area contributed by atoms with Crippen molar-refractivity contribution in [1.82, 2.24) is 9.97 Å². The Morgan fingerprint density at radius 2 is 2.14 bits per heavy atom. The van der Waals surface area contributed by atoms with E-state index in [2.05, 4.69) is 15.3 Å². The van der Waals surface area contributed by atoms with Gasteiger partial charge in [-0.25, -0.2) is 9.37 Å². The van der Waals surface area contributed by atoms with Crippen LogP contribution >= 0.6 is 0 Å². The molecule has 3 aromatic rings. The number of rotatable bonds is 3. The lowest BCUT2D eigenvalue weighted by Crippen LogP contribution is -2.13. The minimum absolute atomic E-state index is 0.155.